The normalized spacial score (nSPS) is 9.74. The van der Waals surface area contributed by atoms with Gasteiger partial charge in [0.05, 0.1) is 4.90 Å². The van der Waals surface area contributed by atoms with Gasteiger partial charge in [0.1, 0.15) is 5.69 Å². The summed E-state index contributed by atoms with van der Waals surface area (Å²) in [4.78, 5) is 4.87. The Kier molecular flexibility index (Phi) is 14.2. The summed E-state index contributed by atoms with van der Waals surface area (Å²) in [6.45, 7) is 0. The fraction of sp³-hybridized carbons (Fsp3) is 0.0800. The van der Waals surface area contributed by atoms with Gasteiger partial charge in [0.2, 0.25) is 5.89 Å². The van der Waals surface area contributed by atoms with Gasteiger partial charge < -0.3 is 31.6 Å². The molecule has 0 spiro atoms. The predicted octanol–water partition coefficient (Wildman–Crippen LogP) is 5.12. The molecule has 38 heavy (non-hydrogen) atoms. The zero-order valence-corrected chi connectivity index (χ0v) is 22.5. The van der Waals surface area contributed by atoms with E-state index in [0.717, 1.165) is 11.1 Å². The van der Waals surface area contributed by atoms with Crippen LogP contribution in [0.15, 0.2) is 88.2 Å². The van der Waals surface area contributed by atoms with Crippen LogP contribution in [-0.4, -0.2) is 45.7 Å². The minimum Gasteiger partial charge on any atom is -0.487 e. The van der Waals surface area contributed by atoms with Crippen molar-refractivity contribution in [3.63, 3.8) is 0 Å². The Morgan fingerprint density at radius 1 is 0.868 bits per heavy atom. The van der Waals surface area contributed by atoms with E-state index in [2.05, 4.69) is 40.9 Å². The van der Waals surface area contributed by atoms with E-state index >= 15 is 0 Å². The number of rotatable bonds is 4. The molecule has 0 saturated heterocycles. The molecule has 0 unspecified atom stereocenters. The fourth-order valence-electron chi connectivity index (χ4n) is 2.99. The lowest BCUT2D eigenvalue weighted by atomic mass is 10.1. The summed E-state index contributed by atoms with van der Waals surface area (Å²) in [7, 11) is -3.45. The summed E-state index contributed by atoms with van der Waals surface area (Å²) in [5.74, 6) is 0.825. The number of halogens is 1. The van der Waals surface area contributed by atoms with Crippen molar-refractivity contribution in [2.45, 2.75) is 12.3 Å². The van der Waals surface area contributed by atoms with Crippen LogP contribution in [0.3, 0.4) is 0 Å². The Hall–Kier alpha value is -3.55. The third-order valence-electron chi connectivity index (χ3n) is 4.30. The first-order valence-electron chi connectivity index (χ1n) is 9.98. The van der Waals surface area contributed by atoms with E-state index in [0.29, 0.717) is 27.9 Å². The summed E-state index contributed by atoms with van der Waals surface area (Å²) in [6.07, 6.45) is 1.18. The number of aliphatic hydroxyl groups is 2. The molecule has 0 saturated carbocycles. The van der Waals surface area contributed by atoms with E-state index < -0.39 is 20.2 Å². The molecule has 8 N–H and O–H groups in total. The highest BCUT2D eigenvalue weighted by molar-refractivity contribution is 7.90. The van der Waals surface area contributed by atoms with Gasteiger partial charge in [0.25, 0.3) is 10.3 Å². The summed E-state index contributed by atoms with van der Waals surface area (Å²) in [5.41, 5.74) is 11.4. The highest BCUT2D eigenvalue weighted by Crippen LogP contribution is 2.38. The molecular weight excluding hydrogens is 570 g/mol. The van der Waals surface area contributed by atoms with E-state index in [4.69, 9.17) is 26.2 Å². The largest absolute Gasteiger partial charge is 0.487 e. The standard InChI is InChI=1S/C22H16ClNO3S.2CH3NOS.CH4.H2O/c1-28(25,26)19-10-6-5-9-18(19)21-20(15-11-13-17(23)14-12-15)24-22(27-21)16-7-3-2-4-8-16;2*2-1(3)4;;/h2-14H,1H3;2*(H3,2,3,4);1H4;1H2. The Morgan fingerprint density at radius 3 is 1.84 bits per heavy atom. The van der Waals surface area contributed by atoms with Gasteiger partial charge in [-0.2, -0.15) is 0 Å². The molecule has 1 heterocycles. The fourth-order valence-corrected chi connectivity index (χ4v) is 4.00. The summed E-state index contributed by atoms with van der Waals surface area (Å²) in [5, 5.41) is 14.7. The average molecular weight is 598 g/mol. The van der Waals surface area contributed by atoms with Gasteiger partial charge in [0, 0.05) is 28.0 Å². The summed E-state index contributed by atoms with van der Waals surface area (Å²) in [6, 6.07) is 23.4. The maximum Gasteiger partial charge on any atom is 0.251 e. The number of aromatic nitrogens is 1. The number of nitrogens with two attached hydrogens (primary N) is 2. The molecule has 0 fully saturated rings. The van der Waals surface area contributed by atoms with Gasteiger partial charge in [-0.3, -0.25) is 0 Å². The topological polar surface area (TPSA) is 184 Å². The predicted molar refractivity (Wildman–Crippen MR) is 160 cm³/mol. The van der Waals surface area contributed by atoms with Crippen LogP contribution in [0.5, 0.6) is 0 Å². The van der Waals surface area contributed by atoms with Gasteiger partial charge >= 0.3 is 0 Å². The van der Waals surface area contributed by atoms with Crippen LogP contribution in [-0.2, 0) is 9.84 Å². The molecule has 4 aromatic rings. The lowest BCUT2D eigenvalue weighted by Crippen LogP contribution is -2.03. The number of thiocarbonyl (C=S) groups is 2. The number of hydrogen-bond acceptors (Lipinski definition) is 6. The Morgan fingerprint density at radius 2 is 1.34 bits per heavy atom. The van der Waals surface area contributed by atoms with E-state index in [1.165, 1.54) is 6.26 Å². The Labute approximate surface area is 236 Å². The smallest absolute Gasteiger partial charge is 0.251 e. The third-order valence-corrected chi connectivity index (χ3v) is 5.70. The molecule has 4 rings (SSSR count). The van der Waals surface area contributed by atoms with Gasteiger partial charge in [-0.1, -0.05) is 61.5 Å². The van der Waals surface area contributed by atoms with Crippen molar-refractivity contribution in [2.24, 2.45) is 11.5 Å². The molecule has 0 aliphatic rings. The molecule has 0 aliphatic carbocycles. The van der Waals surface area contributed by atoms with Crippen LogP contribution in [0.4, 0.5) is 0 Å². The van der Waals surface area contributed by atoms with Gasteiger partial charge in [-0.05, 0) is 60.8 Å². The maximum atomic E-state index is 12.3. The van der Waals surface area contributed by atoms with Crippen molar-refractivity contribution >= 4 is 56.2 Å². The van der Waals surface area contributed by atoms with E-state index in [9.17, 15) is 8.42 Å². The lowest BCUT2D eigenvalue weighted by Gasteiger charge is -2.07. The molecule has 0 atom stereocenters. The SMILES string of the molecule is C.CS(=O)(=O)c1ccccc1-c1oc(-c2ccccc2)nc1-c1ccc(Cl)cc1.NC(O)=S.NC(O)=S.O. The quantitative estimate of drug-likeness (QED) is 0.230. The second-order valence-corrected chi connectivity index (χ2v) is 10.3. The van der Waals surface area contributed by atoms with Gasteiger partial charge in [0.15, 0.2) is 15.6 Å². The number of hydrogen-bond donors (Lipinski definition) is 4. The molecule has 204 valence electrons. The summed E-state index contributed by atoms with van der Waals surface area (Å²) >= 11 is 13.8. The number of aliphatic hydroxyl groups excluding tert-OH is 2. The zero-order chi connectivity index (χ0) is 26.9. The van der Waals surface area contributed by atoms with Crippen LogP contribution < -0.4 is 11.5 Å². The lowest BCUT2D eigenvalue weighted by molar-refractivity contribution is 0.559. The Bertz CT molecular complexity index is 1420. The molecule has 1 aromatic heterocycles. The molecule has 0 radical (unpaired) electrons. The van der Waals surface area contributed by atoms with Gasteiger partial charge in [-0.15, -0.1) is 0 Å². The monoisotopic (exact) mass is 597 g/mol. The first-order valence-corrected chi connectivity index (χ1v) is 13.1. The molecule has 0 aliphatic heterocycles. The molecule has 0 amide bonds. The van der Waals surface area contributed by atoms with Crippen molar-refractivity contribution < 1.29 is 28.5 Å². The zero-order valence-electron chi connectivity index (χ0n) is 19.3. The first kappa shape index (κ1) is 34.5. The highest BCUT2D eigenvalue weighted by atomic mass is 35.5. The first-order chi connectivity index (χ1) is 16.9. The molecule has 9 nitrogen and oxygen atoms in total. The van der Waals surface area contributed by atoms with Crippen LogP contribution in [0.25, 0.3) is 34.0 Å². The van der Waals surface area contributed by atoms with Crippen LogP contribution in [0.1, 0.15) is 7.43 Å². The molecular formula is C25H28ClN3O6S3. The summed E-state index contributed by atoms with van der Waals surface area (Å²) < 4.78 is 30.7. The maximum absolute atomic E-state index is 12.3. The number of nitrogens with zero attached hydrogens (tertiary/aromatic N) is 1. The second-order valence-electron chi connectivity index (χ2n) is 7.01. The van der Waals surface area contributed by atoms with Crippen LogP contribution >= 0.6 is 36.0 Å². The number of sulfone groups is 1. The highest BCUT2D eigenvalue weighted by Gasteiger charge is 2.23. The van der Waals surface area contributed by atoms with E-state index in [-0.39, 0.29) is 17.8 Å². The minimum atomic E-state index is -3.45. The van der Waals surface area contributed by atoms with Crippen molar-refractivity contribution in [2.75, 3.05) is 6.26 Å². The Balaban J connectivity index is 0.00000121. The van der Waals surface area contributed by atoms with Crippen molar-refractivity contribution in [3.8, 4) is 34.0 Å². The minimum absolute atomic E-state index is 0. The third kappa shape index (κ3) is 10.4. The van der Waals surface area contributed by atoms with Crippen molar-refractivity contribution in [1.82, 2.24) is 4.98 Å². The second kappa shape index (κ2) is 15.6. The van der Waals surface area contributed by atoms with Crippen LogP contribution in [0.2, 0.25) is 5.02 Å². The number of oxazole rings is 1. The molecule has 3 aromatic carbocycles. The van der Waals surface area contributed by atoms with Gasteiger partial charge in [-0.25, -0.2) is 13.4 Å². The number of benzene rings is 3. The van der Waals surface area contributed by atoms with E-state index in [1.807, 2.05) is 42.5 Å². The van der Waals surface area contributed by atoms with Crippen molar-refractivity contribution in [1.29, 1.82) is 0 Å². The van der Waals surface area contributed by atoms with E-state index in [1.54, 1.807) is 36.4 Å². The molecule has 0 bridgehead atoms. The molecule has 13 heteroatoms. The van der Waals surface area contributed by atoms with Crippen LogP contribution in [0, 0.1) is 0 Å². The average Bonchev–Trinajstić information content (AvgIpc) is 3.24. The van der Waals surface area contributed by atoms with Crippen molar-refractivity contribution in [3.05, 3.63) is 83.9 Å².